The Morgan fingerprint density at radius 2 is 1.70 bits per heavy atom. The van der Waals surface area contributed by atoms with Gasteiger partial charge in [-0.1, -0.05) is 42.8 Å². The van der Waals surface area contributed by atoms with Crippen LogP contribution in [0, 0.1) is 12.7 Å². The predicted molar refractivity (Wildman–Crippen MR) is 140 cm³/mol. The van der Waals surface area contributed by atoms with Crippen molar-refractivity contribution in [3.05, 3.63) is 89.7 Å². The van der Waals surface area contributed by atoms with Crippen LogP contribution in [0.3, 0.4) is 0 Å². The number of urea groups is 1. The van der Waals surface area contributed by atoms with E-state index in [1.807, 2.05) is 26.0 Å². The molecular weight excluding hydrogens is 473 g/mol. The van der Waals surface area contributed by atoms with Crippen molar-refractivity contribution in [1.29, 1.82) is 0 Å². The summed E-state index contributed by atoms with van der Waals surface area (Å²) in [5, 5.41) is 2.79. The number of hydrogen-bond acceptors (Lipinski definition) is 4. The van der Waals surface area contributed by atoms with Crippen LogP contribution in [0.5, 0.6) is 5.75 Å². The molecule has 0 saturated carbocycles. The first-order chi connectivity index (χ1) is 17.9. The molecule has 0 spiro atoms. The van der Waals surface area contributed by atoms with E-state index < -0.39 is 23.9 Å². The lowest BCUT2D eigenvalue weighted by molar-refractivity contribution is -0.124. The van der Waals surface area contributed by atoms with Gasteiger partial charge in [-0.25, -0.2) is 14.1 Å². The van der Waals surface area contributed by atoms with Gasteiger partial charge >= 0.3 is 6.03 Å². The number of anilines is 2. The molecule has 1 N–H and O–H groups in total. The minimum Gasteiger partial charge on any atom is -0.494 e. The molecule has 1 aliphatic heterocycles. The Bertz CT molecular complexity index is 1260. The smallest absolute Gasteiger partial charge is 0.332 e. The van der Waals surface area contributed by atoms with E-state index in [0.717, 1.165) is 16.9 Å². The number of halogens is 1. The van der Waals surface area contributed by atoms with Gasteiger partial charge in [0.15, 0.2) is 0 Å². The second-order valence-corrected chi connectivity index (χ2v) is 8.97. The number of amides is 4. The molecule has 1 atom stereocenters. The zero-order chi connectivity index (χ0) is 26.4. The Hall–Kier alpha value is -4.20. The highest BCUT2D eigenvalue weighted by Crippen LogP contribution is 2.28. The summed E-state index contributed by atoms with van der Waals surface area (Å²) < 4.78 is 19.8. The van der Waals surface area contributed by atoms with Gasteiger partial charge in [-0.15, -0.1) is 0 Å². The zero-order valence-electron chi connectivity index (χ0n) is 20.9. The predicted octanol–water partition coefficient (Wildman–Crippen LogP) is 5.33. The monoisotopic (exact) mass is 503 g/mol. The molecule has 3 aromatic carbocycles. The number of benzene rings is 3. The van der Waals surface area contributed by atoms with Gasteiger partial charge in [-0.3, -0.25) is 9.59 Å². The number of ether oxygens (including phenoxy) is 1. The average Bonchev–Trinajstić information content (AvgIpc) is 3.12. The van der Waals surface area contributed by atoms with E-state index >= 15 is 0 Å². The molecule has 8 heteroatoms. The molecule has 0 bridgehead atoms. The van der Waals surface area contributed by atoms with Gasteiger partial charge in [0.2, 0.25) is 5.91 Å². The largest absolute Gasteiger partial charge is 0.494 e. The van der Waals surface area contributed by atoms with Crippen LogP contribution in [0.4, 0.5) is 20.6 Å². The molecule has 3 aromatic rings. The maximum absolute atomic E-state index is 14.2. The molecule has 1 saturated heterocycles. The van der Waals surface area contributed by atoms with Crippen molar-refractivity contribution < 1.29 is 23.5 Å². The molecule has 1 fully saturated rings. The minimum absolute atomic E-state index is 0.0925. The van der Waals surface area contributed by atoms with E-state index in [1.165, 1.54) is 11.0 Å². The number of carbonyl (C=O) groups is 3. The van der Waals surface area contributed by atoms with Crippen molar-refractivity contribution in [3.63, 3.8) is 0 Å². The van der Waals surface area contributed by atoms with Crippen molar-refractivity contribution in [3.8, 4) is 5.75 Å². The lowest BCUT2D eigenvalue weighted by Gasteiger charge is -2.21. The Morgan fingerprint density at radius 1 is 1.00 bits per heavy atom. The Kier molecular flexibility index (Phi) is 8.18. The van der Waals surface area contributed by atoms with Crippen LogP contribution in [0.15, 0.2) is 72.8 Å². The maximum Gasteiger partial charge on any atom is 0.332 e. The van der Waals surface area contributed by atoms with Gasteiger partial charge in [0, 0.05) is 12.2 Å². The van der Waals surface area contributed by atoms with Gasteiger partial charge in [0.1, 0.15) is 17.6 Å². The molecule has 0 aromatic heterocycles. The van der Waals surface area contributed by atoms with Crippen molar-refractivity contribution in [1.82, 2.24) is 4.90 Å². The molecule has 1 heterocycles. The second-order valence-electron chi connectivity index (χ2n) is 8.97. The van der Waals surface area contributed by atoms with Gasteiger partial charge in [-0.05, 0) is 67.8 Å². The summed E-state index contributed by atoms with van der Waals surface area (Å²) in [4.78, 5) is 42.2. The van der Waals surface area contributed by atoms with Crippen molar-refractivity contribution in [2.45, 2.75) is 39.2 Å². The van der Waals surface area contributed by atoms with Gasteiger partial charge in [0.05, 0.1) is 18.7 Å². The Morgan fingerprint density at radius 3 is 2.38 bits per heavy atom. The lowest BCUT2D eigenvalue weighted by atomic mass is 10.1. The first-order valence-corrected chi connectivity index (χ1v) is 12.3. The van der Waals surface area contributed by atoms with Gasteiger partial charge in [0.25, 0.3) is 5.91 Å². The third-order valence-electron chi connectivity index (χ3n) is 6.18. The number of nitrogens with one attached hydrogen (secondary N) is 1. The van der Waals surface area contributed by atoms with Crippen molar-refractivity contribution in [2.75, 3.05) is 23.4 Å². The number of hydrogen-bond donors (Lipinski definition) is 1. The van der Waals surface area contributed by atoms with Crippen LogP contribution >= 0.6 is 0 Å². The fraction of sp³-hybridized carbons (Fsp3) is 0.276. The third-order valence-corrected chi connectivity index (χ3v) is 6.18. The number of imide groups is 1. The van der Waals surface area contributed by atoms with E-state index in [9.17, 15) is 18.8 Å². The maximum atomic E-state index is 14.2. The lowest BCUT2D eigenvalue weighted by Crippen LogP contribution is -2.39. The number of rotatable bonds is 10. The molecule has 4 rings (SSSR count). The van der Waals surface area contributed by atoms with E-state index in [2.05, 4.69) is 5.32 Å². The Balaban J connectivity index is 1.51. The summed E-state index contributed by atoms with van der Waals surface area (Å²) in [5.74, 6) is -0.572. The molecule has 7 nitrogen and oxygen atoms in total. The highest BCUT2D eigenvalue weighted by atomic mass is 19.1. The summed E-state index contributed by atoms with van der Waals surface area (Å²) in [6, 6.07) is 18.8. The molecule has 1 aliphatic rings. The summed E-state index contributed by atoms with van der Waals surface area (Å²) in [5.41, 5.74) is 2.41. The summed E-state index contributed by atoms with van der Waals surface area (Å²) in [6.45, 7) is 4.62. The van der Waals surface area contributed by atoms with Crippen molar-refractivity contribution >= 4 is 29.2 Å². The normalized spacial score (nSPS) is 15.3. The quantitative estimate of drug-likeness (QED) is 0.379. The molecule has 0 aliphatic carbocycles. The van der Waals surface area contributed by atoms with E-state index in [1.54, 1.807) is 54.6 Å². The highest BCUT2D eigenvalue weighted by Gasteiger charge is 2.46. The van der Waals surface area contributed by atoms with Gasteiger partial charge < -0.3 is 15.0 Å². The number of aryl methyl sites for hydroxylation is 1. The molecule has 4 amide bonds. The number of nitrogens with zero attached hydrogens (tertiary/aromatic N) is 2. The van der Waals surface area contributed by atoms with Gasteiger partial charge in [-0.2, -0.15) is 0 Å². The van der Waals surface area contributed by atoms with E-state index in [4.69, 9.17) is 4.74 Å². The van der Waals surface area contributed by atoms with Crippen LogP contribution < -0.4 is 15.0 Å². The first kappa shape index (κ1) is 25.9. The van der Waals surface area contributed by atoms with Crippen molar-refractivity contribution in [2.24, 2.45) is 0 Å². The van der Waals surface area contributed by atoms with E-state index in [0.29, 0.717) is 29.3 Å². The Labute approximate surface area is 215 Å². The third kappa shape index (κ3) is 6.14. The topological polar surface area (TPSA) is 79.0 Å². The minimum atomic E-state index is -1.01. The molecule has 192 valence electrons. The fourth-order valence-corrected chi connectivity index (χ4v) is 4.20. The summed E-state index contributed by atoms with van der Waals surface area (Å²) >= 11 is 0. The van der Waals surface area contributed by atoms with Crippen LogP contribution in [-0.2, 0) is 16.0 Å². The standard InChI is InChI=1S/C29H30FN3O4/c1-3-18-37-24-14-10-22(11-15-24)31-27(34)19-26-28(35)33(23-12-8-20(2)9-13-23)29(36)32(26)17-16-21-6-4-5-7-25(21)30/h4-15,26H,3,16-19H2,1-2H3,(H,31,34)/t26-/m0/s1. The summed E-state index contributed by atoms with van der Waals surface area (Å²) in [7, 11) is 0. The molecule has 0 unspecified atom stereocenters. The zero-order valence-corrected chi connectivity index (χ0v) is 20.9. The molecular formula is C29H30FN3O4. The second kappa shape index (κ2) is 11.7. The highest BCUT2D eigenvalue weighted by molar-refractivity contribution is 6.22. The van der Waals surface area contributed by atoms with Crippen LogP contribution in [0.2, 0.25) is 0 Å². The van der Waals surface area contributed by atoms with Crippen LogP contribution in [-0.4, -0.2) is 41.9 Å². The van der Waals surface area contributed by atoms with Crippen LogP contribution in [0.1, 0.15) is 30.9 Å². The molecule has 37 heavy (non-hydrogen) atoms. The van der Waals surface area contributed by atoms with E-state index in [-0.39, 0.29) is 25.2 Å². The number of carbonyl (C=O) groups excluding carboxylic acids is 3. The summed E-state index contributed by atoms with van der Waals surface area (Å²) in [6.07, 6.45) is 0.878. The van der Waals surface area contributed by atoms with Crippen LogP contribution in [0.25, 0.3) is 0 Å². The molecule has 0 radical (unpaired) electrons. The first-order valence-electron chi connectivity index (χ1n) is 12.3. The average molecular weight is 504 g/mol. The fourth-order valence-electron chi connectivity index (χ4n) is 4.20. The SMILES string of the molecule is CCCOc1ccc(NC(=O)C[C@H]2C(=O)N(c3ccc(C)cc3)C(=O)N2CCc2ccccc2F)cc1.